The van der Waals surface area contributed by atoms with E-state index in [0.29, 0.717) is 15.6 Å². The molecule has 140 valence electrons. The first-order chi connectivity index (χ1) is 12.7. The van der Waals surface area contributed by atoms with Crippen LogP contribution in [0.2, 0.25) is 5.02 Å². The minimum absolute atomic E-state index is 0.00364. The van der Waals surface area contributed by atoms with E-state index in [-0.39, 0.29) is 20.8 Å². The molecule has 1 unspecified atom stereocenters. The molecule has 1 aromatic carbocycles. The molecule has 0 fully saturated rings. The van der Waals surface area contributed by atoms with Crippen molar-refractivity contribution in [2.75, 3.05) is 0 Å². The Kier molecular flexibility index (Phi) is 5.13. The van der Waals surface area contributed by atoms with Crippen LogP contribution in [0.5, 0.6) is 5.88 Å². The summed E-state index contributed by atoms with van der Waals surface area (Å²) in [7, 11) is 0. The van der Waals surface area contributed by atoms with Gasteiger partial charge in [0.1, 0.15) is 10.9 Å². The van der Waals surface area contributed by atoms with E-state index in [9.17, 15) is 24.6 Å². The second-order valence-corrected chi connectivity index (χ2v) is 7.71. The number of aromatic nitrogens is 1. The van der Waals surface area contributed by atoms with Gasteiger partial charge in [-0.1, -0.05) is 11.6 Å². The summed E-state index contributed by atoms with van der Waals surface area (Å²) in [6.07, 6.45) is -0.703. The average molecular weight is 427 g/mol. The molecule has 0 radical (unpaired) electrons. The number of fused-ring (bicyclic) bond motifs is 1. The predicted octanol–water partition coefficient (Wildman–Crippen LogP) is 1.49. The average Bonchev–Trinajstić information content (AvgIpc) is 3.04. The Balaban J connectivity index is 2.20. The van der Waals surface area contributed by atoms with Crippen LogP contribution >= 0.6 is 35.2 Å². The Morgan fingerprint density at radius 3 is 2.67 bits per heavy atom. The molecule has 0 aliphatic carbocycles. The van der Waals surface area contributed by atoms with Gasteiger partial charge in [-0.15, -0.1) is 11.3 Å². The van der Waals surface area contributed by atoms with E-state index in [1.165, 1.54) is 6.07 Å². The van der Waals surface area contributed by atoms with Crippen molar-refractivity contribution < 1.29 is 29.7 Å². The van der Waals surface area contributed by atoms with E-state index >= 15 is 0 Å². The Labute approximate surface area is 165 Å². The zero-order valence-corrected chi connectivity index (χ0v) is 15.8. The molecule has 8 nitrogen and oxygen atoms in total. The fourth-order valence-corrected chi connectivity index (χ4v) is 4.36. The van der Waals surface area contributed by atoms with Gasteiger partial charge in [0.05, 0.1) is 10.9 Å². The third-order valence-corrected chi connectivity index (χ3v) is 5.58. The third-order valence-electron chi connectivity index (χ3n) is 3.94. The van der Waals surface area contributed by atoms with Gasteiger partial charge in [0.25, 0.3) is 5.91 Å². The van der Waals surface area contributed by atoms with Crippen molar-refractivity contribution in [3.05, 3.63) is 42.6 Å². The number of benzene rings is 1. The fraction of sp³-hybridized carbons (Fsp3) is 0.188. The molecule has 3 N–H and O–H groups in total. The lowest BCUT2D eigenvalue weighted by atomic mass is 10.1. The van der Waals surface area contributed by atoms with E-state index in [2.05, 4.69) is 4.99 Å². The molecule has 27 heavy (non-hydrogen) atoms. The summed E-state index contributed by atoms with van der Waals surface area (Å²) in [6, 6.07) is 3.26. The quantitative estimate of drug-likeness (QED) is 0.596. The molecule has 0 saturated carbocycles. The van der Waals surface area contributed by atoms with Crippen molar-refractivity contribution in [1.29, 1.82) is 0 Å². The summed E-state index contributed by atoms with van der Waals surface area (Å²) < 4.78 is 0.944. The Morgan fingerprint density at radius 2 is 2.04 bits per heavy atom. The lowest BCUT2D eigenvalue weighted by Gasteiger charge is -2.14. The molecule has 3 rings (SSSR count). The molecule has 1 amide bonds. The molecular weight excluding hydrogens is 416 g/mol. The minimum atomic E-state index is -1.38. The summed E-state index contributed by atoms with van der Waals surface area (Å²) in [6.45, 7) is 0. The lowest BCUT2D eigenvalue weighted by Crippen LogP contribution is -2.23. The highest BCUT2D eigenvalue weighted by molar-refractivity contribution is 7.73. The van der Waals surface area contributed by atoms with Gasteiger partial charge in [-0.05, 0) is 36.8 Å². The number of aliphatic carboxylic acids is 2. The number of nitrogens with zero attached hydrogens (tertiary/aromatic N) is 2. The van der Waals surface area contributed by atoms with Crippen LogP contribution in [-0.4, -0.2) is 37.7 Å². The number of carbonyl (C=O) groups excluding carboxylic acids is 1. The number of aromatic hydroxyl groups is 1. The van der Waals surface area contributed by atoms with Gasteiger partial charge in [0.15, 0.2) is 3.95 Å². The summed E-state index contributed by atoms with van der Waals surface area (Å²) in [4.78, 5) is 38.7. The summed E-state index contributed by atoms with van der Waals surface area (Å²) >= 11 is 12.0. The number of thiazole rings is 1. The molecule has 11 heteroatoms. The number of carboxylic acid groups (broad SMARTS) is 2. The molecule has 0 saturated heterocycles. The SMILES string of the molecule is O=C(O)CCC(C(=O)O)n1c(O)c(C2=c3cc(Cl)ccc3=NC2=O)sc1=S. The summed E-state index contributed by atoms with van der Waals surface area (Å²) in [5.41, 5.74) is 0.0715. The number of halogens is 1. The van der Waals surface area contributed by atoms with Gasteiger partial charge < -0.3 is 15.3 Å². The second kappa shape index (κ2) is 7.22. The molecule has 0 spiro atoms. The maximum absolute atomic E-state index is 12.3. The maximum atomic E-state index is 12.3. The predicted molar refractivity (Wildman–Crippen MR) is 98.1 cm³/mol. The summed E-state index contributed by atoms with van der Waals surface area (Å²) in [5.74, 6) is -3.65. The van der Waals surface area contributed by atoms with Gasteiger partial charge in [0, 0.05) is 16.7 Å². The first-order valence-corrected chi connectivity index (χ1v) is 9.13. The van der Waals surface area contributed by atoms with Gasteiger partial charge in [0.2, 0.25) is 5.88 Å². The van der Waals surface area contributed by atoms with Crippen molar-refractivity contribution >= 4 is 58.6 Å². The van der Waals surface area contributed by atoms with Crippen LogP contribution in [-0.2, 0) is 14.4 Å². The fourth-order valence-electron chi connectivity index (χ4n) is 2.74. The first kappa shape index (κ1) is 19.2. The zero-order chi connectivity index (χ0) is 19.9. The molecule has 1 aromatic heterocycles. The van der Waals surface area contributed by atoms with Gasteiger partial charge >= 0.3 is 11.9 Å². The van der Waals surface area contributed by atoms with Crippen LogP contribution < -0.4 is 10.6 Å². The van der Waals surface area contributed by atoms with Gasteiger partial charge in [-0.25, -0.2) is 9.79 Å². The van der Waals surface area contributed by atoms with Crippen LogP contribution in [0.3, 0.4) is 0 Å². The number of amides is 1. The monoisotopic (exact) mass is 426 g/mol. The molecule has 1 aliphatic heterocycles. The highest BCUT2D eigenvalue weighted by atomic mass is 35.5. The third kappa shape index (κ3) is 3.51. The van der Waals surface area contributed by atoms with Gasteiger partial charge in [-0.2, -0.15) is 0 Å². The highest BCUT2D eigenvalue weighted by Gasteiger charge is 2.30. The van der Waals surface area contributed by atoms with Crippen molar-refractivity contribution in [1.82, 2.24) is 4.57 Å². The van der Waals surface area contributed by atoms with E-state index < -0.39 is 36.2 Å². The second-order valence-electron chi connectivity index (χ2n) is 5.63. The van der Waals surface area contributed by atoms with E-state index in [0.717, 1.165) is 15.9 Å². The van der Waals surface area contributed by atoms with E-state index in [4.69, 9.17) is 28.9 Å². The van der Waals surface area contributed by atoms with Gasteiger partial charge in [-0.3, -0.25) is 14.2 Å². The van der Waals surface area contributed by atoms with E-state index in [1.54, 1.807) is 12.1 Å². The Hall–Kier alpha value is -2.56. The Morgan fingerprint density at radius 1 is 1.33 bits per heavy atom. The number of hydrogen-bond acceptors (Lipinski definition) is 6. The smallest absolute Gasteiger partial charge is 0.326 e. The lowest BCUT2D eigenvalue weighted by molar-refractivity contribution is -0.142. The largest absolute Gasteiger partial charge is 0.493 e. The standard InChI is InChI=1S/C16H11ClN2O6S2/c17-6-1-2-8-7(5-6)11(13(22)18-8)12-14(23)19(16(26)27-12)9(15(24)25)3-4-10(20)21/h1-2,5,9,23H,3-4H2,(H,20,21)(H,24,25). The number of hydrogen-bond donors (Lipinski definition) is 3. The van der Waals surface area contributed by atoms with Crippen LogP contribution in [0.4, 0.5) is 0 Å². The Bertz CT molecular complexity index is 1170. The number of carboxylic acids is 2. The molecule has 2 aromatic rings. The van der Waals surface area contributed by atoms with Crippen LogP contribution in [0.25, 0.3) is 5.57 Å². The molecule has 1 atom stereocenters. The van der Waals surface area contributed by atoms with Crippen molar-refractivity contribution in [3.8, 4) is 5.88 Å². The number of rotatable bonds is 6. The highest BCUT2D eigenvalue weighted by Crippen LogP contribution is 2.36. The summed E-state index contributed by atoms with van der Waals surface area (Å²) in [5, 5.41) is 30.0. The van der Waals surface area contributed by atoms with Crippen molar-refractivity contribution in [2.45, 2.75) is 18.9 Å². The molecular formula is C16H11ClN2O6S2. The maximum Gasteiger partial charge on any atom is 0.326 e. The number of carbonyl (C=O) groups is 3. The first-order valence-electron chi connectivity index (χ1n) is 7.53. The molecule has 1 aliphatic rings. The van der Waals surface area contributed by atoms with Crippen LogP contribution in [0.1, 0.15) is 23.8 Å². The van der Waals surface area contributed by atoms with E-state index in [1.807, 2.05) is 0 Å². The van der Waals surface area contributed by atoms with Crippen molar-refractivity contribution in [3.63, 3.8) is 0 Å². The molecule has 2 heterocycles. The normalized spacial score (nSPS) is 14.0. The van der Waals surface area contributed by atoms with Crippen LogP contribution in [0.15, 0.2) is 23.2 Å². The zero-order valence-electron chi connectivity index (χ0n) is 13.4. The van der Waals surface area contributed by atoms with Crippen LogP contribution in [0, 0.1) is 3.95 Å². The topological polar surface area (TPSA) is 129 Å². The minimum Gasteiger partial charge on any atom is -0.493 e. The molecule has 0 bridgehead atoms. The van der Waals surface area contributed by atoms with Crippen molar-refractivity contribution in [2.24, 2.45) is 4.99 Å².